The molecule has 0 rings (SSSR count). The van der Waals surface area contributed by atoms with Crippen LogP contribution in [0.25, 0.3) is 0 Å². The lowest BCUT2D eigenvalue weighted by atomic mass is 10.3. The second kappa shape index (κ2) is 4.32. The Morgan fingerprint density at radius 2 is 2.00 bits per heavy atom. The fraction of sp³-hybridized carbons (Fsp3) is 0.333. The van der Waals surface area contributed by atoms with Crippen molar-refractivity contribution >= 4 is 11.8 Å². The fourth-order valence-corrected chi connectivity index (χ4v) is 0.493. The van der Waals surface area contributed by atoms with E-state index in [1.807, 2.05) is 0 Å². The molecule has 0 aromatic carbocycles. The van der Waals surface area contributed by atoms with Crippen LogP contribution in [-0.4, -0.2) is 18.9 Å². The average molecular weight is 157 g/mol. The van der Waals surface area contributed by atoms with E-state index >= 15 is 0 Å². The number of carbonyl (C=O) groups is 2. The zero-order valence-electron chi connectivity index (χ0n) is 6.47. The Kier molecular flexibility index (Phi) is 3.72. The molecule has 11 heavy (non-hydrogen) atoms. The van der Waals surface area contributed by atoms with Crippen LogP contribution in [0.15, 0.2) is 11.9 Å². The van der Waals surface area contributed by atoms with Crippen LogP contribution in [0.3, 0.4) is 0 Å². The van der Waals surface area contributed by atoms with Gasteiger partial charge in [-0.25, -0.2) is 4.79 Å². The number of likely N-dealkylation sites (N-methyl/N-ethyl adjacent to an activating group) is 1. The molecule has 5 heteroatoms. The third kappa shape index (κ3) is 3.96. The van der Waals surface area contributed by atoms with E-state index in [1.54, 1.807) is 7.05 Å². The minimum absolute atomic E-state index is 0.166. The van der Waals surface area contributed by atoms with Gasteiger partial charge in [0.15, 0.2) is 5.78 Å². The van der Waals surface area contributed by atoms with E-state index in [1.165, 1.54) is 13.1 Å². The molecule has 0 aliphatic carbocycles. The minimum Gasteiger partial charge on any atom is -0.384 e. The lowest BCUT2D eigenvalue weighted by molar-refractivity contribution is -0.113. The number of primary amides is 1. The highest BCUT2D eigenvalue weighted by Gasteiger charge is 1.99. The summed E-state index contributed by atoms with van der Waals surface area (Å²) >= 11 is 0. The normalized spacial score (nSPS) is 10.5. The summed E-state index contributed by atoms with van der Waals surface area (Å²) in [6, 6.07) is -0.695. The molecule has 5 nitrogen and oxygen atoms in total. The van der Waals surface area contributed by atoms with Crippen molar-refractivity contribution < 1.29 is 9.59 Å². The zero-order chi connectivity index (χ0) is 8.85. The van der Waals surface area contributed by atoms with E-state index in [0.717, 1.165) is 0 Å². The lowest BCUT2D eigenvalue weighted by Gasteiger charge is -2.00. The monoisotopic (exact) mass is 157 g/mol. The van der Waals surface area contributed by atoms with E-state index in [4.69, 9.17) is 5.73 Å². The molecule has 0 saturated carbocycles. The first kappa shape index (κ1) is 9.48. The van der Waals surface area contributed by atoms with Crippen LogP contribution in [0.1, 0.15) is 6.92 Å². The van der Waals surface area contributed by atoms with E-state index in [-0.39, 0.29) is 5.78 Å². The number of ketones is 1. The van der Waals surface area contributed by atoms with Gasteiger partial charge in [-0.3, -0.25) is 4.79 Å². The molecule has 2 amide bonds. The predicted octanol–water partition coefficient (Wildman–Crippen LogP) is -0.696. The number of hydrogen-bond acceptors (Lipinski definition) is 3. The van der Waals surface area contributed by atoms with Crippen LogP contribution in [0.5, 0.6) is 0 Å². The summed E-state index contributed by atoms with van der Waals surface area (Å²) in [6.07, 6.45) is 1.23. The van der Waals surface area contributed by atoms with Gasteiger partial charge < -0.3 is 16.4 Å². The topological polar surface area (TPSA) is 84.2 Å². The van der Waals surface area contributed by atoms with E-state index < -0.39 is 6.03 Å². The van der Waals surface area contributed by atoms with Gasteiger partial charge in [-0.05, 0) is 0 Å². The maximum atomic E-state index is 10.7. The molecule has 0 aliphatic heterocycles. The Bertz CT molecular complexity index is 198. The molecule has 0 fully saturated rings. The van der Waals surface area contributed by atoms with Gasteiger partial charge in [0.05, 0.1) is 5.70 Å². The van der Waals surface area contributed by atoms with Gasteiger partial charge in [0.25, 0.3) is 0 Å². The van der Waals surface area contributed by atoms with Crippen molar-refractivity contribution in [2.75, 3.05) is 7.05 Å². The Labute approximate surface area is 64.6 Å². The molecule has 0 aromatic heterocycles. The third-order valence-corrected chi connectivity index (χ3v) is 1.01. The smallest absolute Gasteiger partial charge is 0.316 e. The Hall–Kier alpha value is -1.52. The van der Waals surface area contributed by atoms with Gasteiger partial charge in [-0.1, -0.05) is 0 Å². The fourth-order valence-electron chi connectivity index (χ4n) is 0.493. The van der Waals surface area contributed by atoms with Crippen molar-refractivity contribution in [3.8, 4) is 0 Å². The van der Waals surface area contributed by atoms with Gasteiger partial charge in [0, 0.05) is 20.2 Å². The highest BCUT2D eigenvalue weighted by atomic mass is 16.2. The number of carbonyl (C=O) groups excluding carboxylic acids is 2. The first-order valence-electron chi connectivity index (χ1n) is 3.02. The van der Waals surface area contributed by atoms with Crippen LogP contribution in [-0.2, 0) is 4.79 Å². The first-order chi connectivity index (χ1) is 5.07. The molecule has 0 saturated heterocycles. The molecule has 0 radical (unpaired) electrons. The molecular weight excluding hydrogens is 146 g/mol. The Morgan fingerprint density at radius 1 is 1.45 bits per heavy atom. The Balaban J connectivity index is 4.13. The minimum atomic E-state index is -0.695. The molecule has 62 valence electrons. The summed E-state index contributed by atoms with van der Waals surface area (Å²) in [7, 11) is 1.58. The highest BCUT2D eigenvalue weighted by molar-refractivity contribution is 5.93. The van der Waals surface area contributed by atoms with Crippen molar-refractivity contribution in [3.05, 3.63) is 11.9 Å². The van der Waals surface area contributed by atoms with Gasteiger partial charge >= 0.3 is 6.03 Å². The van der Waals surface area contributed by atoms with Crippen LogP contribution < -0.4 is 16.4 Å². The molecule has 0 bridgehead atoms. The number of urea groups is 1. The summed E-state index contributed by atoms with van der Waals surface area (Å²) in [6.45, 7) is 1.38. The zero-order valence-corrected chi connectivity index (χ0v) is 6.47. The number of hydrogen-bond donors (Lipinski definition) is 3. The van der Waals surface area contributed by atoms with Crippen molar-refractivity contribution in [1.29, 1.82) is 0 Å². The molecule has 0 aromatic rings. The van der Waals surface area contributed by atoms with Crippen molar-refractivity contribution in [2.45, 2.75) is 6.92 Å². The van der Waals surface area contributed by atoms with Gasteiger partial charge in [0.1, 0.15) is 0 Å². The van der Waals surface area contributed by atoms with Crippen molar-refractivity contribution in [2.24, 2.45) is 5.73 Å². The van der Waals surface area contributed by atoms with Crippen LogP contribution in [0, 0.1) is 0 Å². The third-order valence-electron chi connectivity index (χ3n) is 1.01. The Morgan fingerprint density at radius 3 is 2.27 bits per heavy atom. The van der Waals surface area contributed by atoms with Crippen LogP contribution in [0.2, 0.25) is 0 Å². The van der Waals surface area contributed by atoms with E-state index in [0.29, 0.717) is 5.70 Å². The molecule has 0 spiro atoms. The van der Waals surface area contributed by atoms with Crippen molar-refractivity contribution in [1.82, 2.24) is 10.6 Å². The van der Waals surface area contributed by atoms with Gasteiger partial charge in [-0.2, -0.15) is 0 Å². The standard InChI is InChI=1S/C6H11N3O2/c1-4(10)5(8-2)3-9-6(7)11/h3,8H,1-2H3,(H3,7,9,11)/b5-3-. The average Bonchev–Trinajstić information content (AvgIpc) is 1.87. The SMILES string of the molecule is CN/C(=C\NC(N)=O)C(C)=O. The molecule has 0 unspecified atom stereocenters. The number of rotatable bonds is 3. The first-order valence-corrected chi connectivity index (χ1v) is 3.02. The summed E-state index contributed by atoms with van der Waals surface area (Å²) in [5, 5.41) is 4.77. The maximum Gasteiger partial charge on any atom is 0.316 e. The van der Waals surface area contributed by atoms with E-state index in [9.17, 15) is 9.59 Å². The molecular formula is C6H11N3O2. The molecule has 0 aliphatic rings. The number of amides is 2. The second-order valence-electron chi connectivity index (χ2n) is 1.87. The summed E-state index contributed by atoms with van der Waals surface area (Å²) in [4.78, 5) is 20.8. The number of nitrogens with two attached hydrogens (primary N) is 1. The predicted molar refractivity (Wildman–Crippen MR) is 40.5 cm³/mol. The van der Waals surface area contributed by atoms with Gasteiger partial charge in [-0.15, -0.1) is 0 Å². The lowest BCUT2D eigenvalue weighted by Crippen LogP contribution is -2.27. The molecule has 0 atom stereocenters. The summed E-state index contributed by atoms with van der Waals surface area (Å²) in [5.41, 5.74) is 5.07. The summed E-state index contributed by atoms with van der Waals surface area (Å²) in [5.74, 6) is -0.166. The molecule has 0 heterocycles. The largest absolute Gasteiger partial charge is 0.384 e. The highest BCUT2D eigenvalue weighted by Crippen LogP contribution is 1.85. The second-order valence-corrected chi connectivity index (χ2v) is 1.87. The van der Waals surface area contributed by atoms with E-state index in [2.05, 4.69) is 10.6 Å². The maximum absolute atomic E-state index is 10.7. The van der Waals surface area contributed by atoms with Crippen LogP contribution >= 0.6 is 0 Å². The quantitative estimate of drug-likeness (QED) is 0.474. The summed E-state index contributed by atoms with van der Waals surface area (Å²) < 4.78 is 0. The molecule has 4 N–H and O–H groups in total. The van der Waals surface area contributed by atoms with Crippen molar-refractivity contribution in [3.63, 3.8) is 0 Å². The van der Waals surface area contributed by atoms with Crippen LogP contribution in [0.4, 0.5) is 4.79 Å². The number of allylic oxidation sites excluding steroid dienone is 1. The van der Waals surface area contributed by atoms with Gasteiger partial charge in [0.2, 0.25) is 0 Å². The number of Topliss-reactive ketones (excluding diaryl/α,β-unsaturated/α-hetero) is 1. The number of nitrogens with one attached hydrogen (secondary N) is 2.